The number of amides is 1. The predicted molar refractivity (Wildman–Crippen MR) is 91.3 cm³/mol. The second kappa shape index (κ2) is 5.96. The van der Waals surface area contributed by atoms with Gasteiger partial charge in [0.1, 0.15) is 0 Å². The summed E-state index contributed by atoms with van der Waals surface area (Å²) in [5.41, 5.74) is 2.82. The fraction of sp³-hybridized carbons (Fsp3) is 0.562. The van der Waals surface area contributed by atoms with Crippen molar-refractivity contribution < 1.29 is 4.79 Å². The quantitative estimate of drug-likeness (QED) is 0.797. The van der Waals surface area contributed by atoms with Crippen molar-refractivity contribution in [3.63, 3.8) is 0 Å². The summed E-state index contributed by atoms with van der Waals surface area (Å²) in [6, 6.07) is 0. The van der Waals surface area contributed by atoms with Gasteiger partial charge in [-0.15, -0.1) is 22.7 Å². The van der Waals surface area contributed by atoms with Crippen LogP contribution in [0.2, 0.25) is 0 Å². The standard InChI is InChI=1S/C16H20N4OS2/c1-12-18-13(8-22-12)6-19-4-2-3-16(9-19)10-20(15(16)21)7-14-5-17-11-23-14/h5,8,11H,2-4,6-7,9-10H2,1H3/t16-/m0/s1. The zero-order chi connectivity index (χ0) is 15.9. The highest BCUT2D eigenvalue weighted by molar-refractivity contribution is 7.09. The number of aryl methyl sites for hydroxylation is 1. The molecule has 1 amide bonds. The fourth-order valence-corrected chi connectivity index (χ4v) is 4.97. The Morgan fingerprint density at radius 1 is 1.30 bits per heavy atom. The zero-order valence-corrected chi connectivity index (χ0v) is 14.8. The normalized spacial score (nSPS) is 25.1. The van der Waals surface area contributed by atoms with Crippen LogP contribution in [0.3, 0.4) is 0 Å². The Labute approximate surface area is 144 Å². The number of hydrogen-bond donors (Lipinski definition) is 0. The van der Waals surface area contributed by atoms with Crippen LogP contribution in [0.4, 0.5) is 0 Å². The van der Waals surface area contributed by atoms with Gasteiger partial charge in [-0.05, 0) is 26.3 Å². The van der Waals surface area contributed by atoms with E-state index in [0.29, 0.717) is 5.91 Å². The summed E-state index contributed by atoms with van der Waals surface area (Å²) in [6.07, 6.45) is 3.99. The van der Waals surface area contributed by atoms with Crippen molar-refractivity contribution in [3.05, 3.63) is 32.7 Å². The lowest BCUT2D eigenvalue weighted by molar-refractivity contribution is -0.167. The van der Waals surface area contributed by atoms with E-state index < -0.39 is 0 Å². The predicted octanol–water partition coefficient (Wildman–Crippen LogP) is 2.53. The molecule has 2 aliphatic rings. The highest BCUT2D eigenvalue weighted by atomic mass is 32.1. The zero-order valence-electron chi connectivity index (χ0n) is 13.2. The second-order valence-electron chi connectivity index (χ2n) is 6.58. The van der Waals surface area contributed by atoms with E-state index in [-0.39, 0.29) is 5.41 Å². The molecule has 122 valence electrons. The van der Waals surface area contributed by atoms with Gasteiger partial charge < -0.3 is 4.90 Å². The number of piperidine rings is 1. The first kappa shape index (κ1) is 15.2. The third-order valence-corrected chi connectivity index (χ3v) is 6.36. The van der Waals surface area contributed by atoms with Crippen LogP contribution in [0, 0.1) is 12.3 Å². The van der Waals surface area contributed by atoms with Crippen molar-refractivity contribution in [3.8, 4) is 0 Å². The van der Waals surface area contributed by atoms with Crippen molar-refractivity contribution in [2.75, 3.05) is 19.6 Å². The van der Waals surface area contributed by atoms with Crippen LogP contribution in [0.1, 0.15) is 28.4 Å². The third kappa shape index (κ3) is 2.93. The van der Waals surface area contributed by atoms with Crippen molar-refractivity contribution in [1.82, 2.24) is 19.8 Å². The van der Waals surface area contributed by atoms with Crippen LogP contribution in [0.5, 0.6) is 0 Å². The molecule has 0 aliphatic carbocycles. The Kier molecular flexibility index (Phi) is 3.95. The minimum Gasteiger partial charge on any atom is -0.336 e. The van der Waals surface area contributed by atoms with E-state index in [1.165, 1.54) is 4.88 Å². The Bertz CT molecular complexity index is 699. The largest absolute Gasteiger partial charge is 0.336 e. The molecule has 2 aliphatic heterocycles. The van der Waals surface area contributed by atoms with Crippen LogP contribution >= 0.6 is 22.7 Å². The van der Waals surface area contributed by atoms with Crippen LogP contribution in [0.15, 0.2) is 17.1 Å². The average molecular weight is 348 g/mol. The van der Waals surface area contributed by atoms with Crippen LogP contribution in [-0.4, -0.2) is 45.3 Å². The van der Waals surface area contributed by atoms with E-state index in [4.69, 9.17) is 0 Å². The molecule has 0 bridgehead atoms. The molecule has 0 radical (unpaired) electrons. The maximum atomic E-state index is 12.7. The summed E-state index contributed by atoms with van der Waals surface area (Å²) in [5.74, 6) is 0.324. The Hall–Kier alpha value is -1.31. The van der Waals surface area contributed by atoms with Crippen LogP contribution in [-0.2, 0) is 17.9 Å². The molecule has 0 unspecified atom stereocenters. The molecule has 0 saturated carbocycles. The summed E-state index contributed by atoms with van der Waals surface area (Å²) in [5, 5.41) is 3.25. The maximum Gasteiger partial charge on any atom is 0.232 e. The molecule has 2 aromatic heterocycles. The summed E-state index contributed by atoms with van der Waals surface area (Å²) in [7, 11) is 0. The molecule has 7 heteroatoms. The van der Waals surface area contributed by atoms with Gasteiger partial charge >= 0.3 is 0 Å². The highest BCUT2D eigenvalue weighted by Gasteiger charge is 2.53. The molecule has 2 aromatic rings. The number of β-lactam (4-membered cyclic amide) rings is 1. The van der Waals surface area contributed by atoms with Crippen LogP contribution in [0.25, 0.3) is 0 Å². The first-order valence-corrected chi connectivity index (χ1v) is 9.71. The SMILES string of the molecule is Cc1nc(CN2CCC[C@]3(C2)CN(Cc2cncs2)C3=O)cs1. The number of likely N-dealkylation sites (tertiary alicyclic amines) is 2. The van der Waals surface area contributed by atoms with Gasteiger partial charge in [-0.3, -0.25) is 14.7 Å². The topological polar surface area (TPSA) is 49.3 Å². The lowest BCUT2D eigenvalue weighted by atomic mass is 9.72. The molecule has 2 fully saturated rings. The molecular formula is C16H20N4OS2. The Morgan fingerprint density at radius 3 is 2.91 bits per heavy atom. The number of rotatable bonds is 4. The van der Waals surface area contributed by atoms with Gasteiger partial charge in [0, 0.05) is 36.1 Å². The van der Waals surface area contributed by atoms with Gasteiger partial charge in [-0.2, -0.15) is 0 Å². The molecule has 4 heterocycles. The van der Waals surface area contributed by atoms with Gasteiger partial charge in [0.15, 0.2) is 0 Å². The number of nitrogens with zero attached hydrogens (tertiary/aromatic N) is 4. The minimum absolute atomic E-state index is 0.145. The van der Waals surface area contributed by atoms with Crippen molar-refractivity contribution in [2.45, 2.75) is 32.9 Å². The number of hydrogen-bond acceptors (Lipinski definition) is 6. The number of aromatic nitrogens is 2. The number of carbonyl (C=O) groups excluding carboxylic acids is 1. The average Bonchev–Trinajstić information content (AvgIpc) is 3.19. The summed E-state index contributed by atoms with van der Waals surface area (Å²) < 4.78 is 0. The number of carbonyl (C=O) groups is 1. The highest BCUT2D eigenvalue weighted by Crippen LogP contribution is 2.41. The molecule has 2 saturated heterocycles. The minimum atomic E-state index is -0.145. The molecular weight excluding hydrogens is 328 g/mol. The van der Waals surface area contributed by atoms with Gasteiger partial charge in [0.25, 0.3) is 0 Å². The first-order chi connectivity index (χ1) is 11.1. The summed E-state index contributed by atoms with van der Waals surface area (Å²) in [6.45, 7) is 6.46. The molecule has 5 nitrogen and oxygen atoms in total. The van der Waals surface area contributed by atoms with Crippen molar-refractivity contribution in [2.24, 2.45) is 5.41 Å². The van der Waals surface area contributed by atoms with Crippen LogP contribution < -0.4 is 0 Å². The molecule has 23 heavy (non-hydrogen) atoms. The second-order valence-corrected chi connectivity index (χ2v) is 8.61. The Morgan fingerprint density at radius 2 is 2.22 bits per heavy atom. The summed E-state index contributed by atoms with van der Waals surface area (Å²) >= 11 is 3.32. The van der Waals surface area contributed by atoms with E-state index in [0.717, 1.165) is 56.3 Å². The third-order valence-electron chi connectivity index (χ3n) is 4.77. The smallest absolute Gasteiger partial charge is 0.232 e. The molecule has 0 aromatic carbocycles. The monoisotopic (exact) mass is 348 g/mol. The lowest BCUT2D eigenvalue weighted by Crippen LogP contribution is -2.66. The molecule has 0 N–H and O–H groups in total. The van der Waals surface area contributed by atoms with Gasteiger partial charge in [-0.1, -0.05) is 0 Å². The Balaban J connectivity index is 1.38. The van der Waals surface area contributed by atoms with E-state index >= 15 is 0 Å². The van der Waals surface area contributed by atoms with Crippen molar-refractivity contribution in [1.29, 1.82) is 0 Å². The van der Waals surface area contributed by atoms with Gasteiger partial charge in [0.2, 0.25) is 5.91 Å². The molecule has 4 rings (SSSR count). The molecule has 1 spiro atoms. The van der Waals surface area contributed by atoms with E-state index in [9.17, 15) is 4.79 Å². The summed E-state index contributed by atoms with van der Waals surface area (Å²) in [4.78, 5) is 26.9. The molecule has 1 atom stereocenters. The van der Waals surface area contributed by atoms with E-state index in [2.05, 4.69) is 20.2 Å². The van der Waals surface area contributed by atoms with Gasteiger partial charge in [-0.25, -0.2) is 4.98 Å². The van der Waals surface area contributed by atoms with E-state index in [1.54, 1.807) is 22.7 Å². The van der Waals surface area contributed by atoms with E-state index in [1.807, 2.05) is 23.5 Å². The fourth-order valence-electron chi connectivity index (χ4n) is 3.76. The number of thiazole rings is 2. The van der Waals surface area contributed by atoms with Crippen molar-refractivity contribution >= 4 is 28.6 Å². The van der Waals surface area contributed by atoms with Gasteiger partial charge in [0.05, 0.1) is 28.2 Å². The maximum absolute atomic E-state index is 12.7. The lowest BCUT2D eigenvalue weighted by Gasteiger charge is -2.53. The first-order valence-electron chi connectivity index (χ1n) is 7.95.